The molecule has 4 nitrogen and oxygen atoms in total. The summed E-state index contributed by atoms with van der Waals surface area (Å²) in [5.41, 5.74) is 13.1. The molecule has 19 heavy (non-hydrogen) atoms. The summed E-state index contributed by atoms with van der Waals surface area (Å²) in [6.45, 7) is 4.57. The van der Waals surface area contributed by atoms with Crippen molar-refractivity contribution in [3.63, 3.8) is 0 Å². The molecule has 0 radical (unpaired) electrons. The number of nitrogen functional groups attached to an aromatic ring is 1. The number of hydrogen-bond acceptors (Lipinski definition) is 3. The second-order valence-corrected chi connectivity index (χ2v) is 4.94. The van der Waals surface area contributed by atoms with E-state index in [0.29, 0.717) is 19.4 Å². The standard InChI is InChI=1S/C15H25N3O/c1-3-15(4-2,11-16)18-14(19)10-9-12-7-5-6-8-13(12)17/h5-8H,3-4,9-11,16-17H2,1-2H3,(H,18,19). The van der Waals surface area contributed by atoms with Crippen LogP contribution in [0.4, 0.5) is 5.69 Å². The summed E-state index contributed by atoms with van der Waals surface area (Å²) in [6.07, 6.45) is 2.79. The van der Waals surface area contributed by atoms with Crippen molar-refractivity contribution in [2.45, 2.75) is 45.1 Å². The van der Waals surface area contributed by atoms with Gasteiger partial charge in [-0.3, -0.25) is 4.79 Å². The van der Waals surface area contributed by atoms with E-state index in [0.717, 1.165) is 24.1 Å². The van der Waals surface area contributed by atoms with E-state index in [9.17, 15) is 4.79 Å². The minimum atomic E-state index is -0.265. The van der Waals surface area contributed by atoms with Crippen LogP contribution in [0.1, 0.15) is 38.7 Å². The van der Waals surface area contributed by atoms with Gasteiger partial charge in [-0.25, -0.2) is 0 Å². The lowest BCUT2D eigenvalue weighted by atomic mass is 9.92. The molecule has 4 heteroatoms. The fourth-order valence-electron chi connectivity index (χ4n) is 2.13. The third-order valence-corrected chi connectivity index (χ3v) is 3.83. The average Bonchev–Trinajstić information content (AvgIpc) is 2.44. The van der Waals surface area contributed by atoms with E-state index < -0.39 is 0 Å². The van der Waals surface area contributed by atoms with Crippen LogP contribution in [0.5, 0.6) is 0 Å². The third-order valence-electron chi connectivity index (χ3n) is 3.83. The number of para-hydroxylation sites is 1. The Kier molecular flexibility index (Phi) is 5.83. The molecule has 0 aliphatic heterocycles. The van der Waals surface area contributed by atoms with Crippen molar-refractivity contribution in [2.75, 3.05) is 12.3 Å². The van der Waals surface area contributed by atoms with Crippen LogP contribution in [-0.2, 0) is 11.2 Å². The van der Waals surface area contributed by atoms with Crippen molar-refractivity contribution in [2.24, 2.45) is 5.73 Å². The SMILES string of the molecule is CCC(CC)(CN)NC(=O)CCc1ccccc1N. The molecule has 0 bridgehead atoms. The third kappa shape index (κ3) is 4.24. The van der Waals surface area contributed by atoms with Crippen LogP contribution in [0.25, 0.3) is 0 Å². The Bertz CT molecular complexity index is 405. The van der Waals surface area contributed by atoms with Gasteiger partial charge in [-0.2, -0.15) is 0 Å². The number of nitrogens with one attached hydrogen (secondary N) is 1. The summed E-state index contributed by atoms with van der Waals surface area (Å²) < 4.78 is 0. The second kappa shape index (κ2) is 7.14. The fourth-order valence-corrected chi connectivity index (χ4v) is 2.13. The molecule has 0 spiro atoms. The van der Waals surface area contributed by atoms with Gasteiger partial charge in [-0.15, -0.1) is 0 Å². The summed E-state index contributed by atoms with van der Waals surface area (Å²) in [5.74, 6) is 0.0393. The quantitative estimate of drug-likeness (QED) is 0.656. The van der Waals surface area contributed by atoms with Crippen molar-refractivity contribution in [1.82, 2.24) is 5.32 Å². The minimum Gasteiger partial charge on any atom is -0.399 e. The topological polar surface area (TPSA) is 81.1 Å². The van der Waals surface area contributed by atoms with Crippen LogP contribution in [-0.4, -0.2) is 18.0 Å². The predicted molar refractivity (Wildman–Crippen MR) is 79.7 cm³/mol. The lowest BCUT2D eigenvalue weighted by Gasteiger charge is -2.31. The number of hydrogen-bond donors (Lipinski definition) is 3. The van der Waals surface area contributed by atoms with Crippen molar-refractivity contribution >= 4 is 11.6 Å². The van der Waals surface area contributed by atoms with E-state index in [1.165, 1.54) is 0 Å². The van der Waals surface area contributed by atoms with Crippen LogP contribution in [0.3, 0.4) is 0 Å². The molecule has 1 aromatic rings. The minimum absolute atomic E-state index is 0.0393. The second-order valence-electron chi connectivity index (χ2n) is 4.94. The fraction of sp³-hybridized carbons (Fsp3) is 0.533. The zero-order chi connectivity index (χ0) is 14.3. The van der Waals surface area contributed by atoms with Crippen molar-refractivity contribution < 1.29 is 4.79 Å². The first-order valence-electron chi connectivity index (χ1n) is 6.91. The molecule has 0 saturated carbocycles. The molecule has 0 aromatic heterocycles. The number of amides is 1. The molecule has 1 amide bonds. The monoisotopic (exact) mass is 263 g/mol. The van der Waals surface area contributed by atoms with Gasteiger partial charge in [0, 0.05) is 18.7 Å². The number of aryl methyl sites for hydroxylation is 1. The molecule has 0 aliphatic carbocycles. The number of carbonyl (C=O) groups excluding carboxylic acids is 1. The largest absolute Gasteiger partial charge is 0.399 e. The molecular formula is C15H25N3O. The Labute approximate surface area is 115 Å². The van der Waals surface area contributed by atoms with Gasteiger partial charge in [0.25, 0.3) is 0 Å². The summed E-state index contributed by atoms with van der Waals surface area (Å²) >= 11 is 0. The molecule has 0 fully saturated rings. The maximum atomic E-state index is 12.0. The maximum absolute atomic E-state index is 12.0. The lowest BCUT2D eigenvalue weighted by molar-refractivity contribution is -0.123. The zero-order valence-electron chi connectivity index (χ0n) is 11.9. The Hall–Kier alpha value is -1.55. The number of nitrogens with two attached hydrogens (primary N) is 2. The number of carbonyl (C=O) groups is 1. The summed E-state index contributed by atoms with van der Waals surface area (Å²) in [5, 5.41) is 3.06. The highest BCUT2D eigenvalue weighted by molar-refractivity contribution is 5.77. The van der Waals surface area contributed by atoms with Crippen LogP contribution < -0.4 is 16.8 Å². The Morgan fingerprint density at radius 1 is 1.26 bits per heavy atom. The first kappa shape index (κ1) is 15.5. The Balaban J connectivity index is 2.54. The van der Waals surface area contributed by atoms with Crippen LogP contribution in [0.15, 0.2) is 24.3 Å². The zero-order valence-corrected chi connectivity index (χ0v) is 11.9. The molecular weight excluding hydrogens is 238 g/mol. The van der Waals surface area contributed by atoms with E-state index >= 15 is 0 Å². The predicted octanol–water partition coefficient (Wildman–Crippen LogP) is 1.84. The van der Waals surface area contributed by atoms with Crippen LogP contribution in [0.2, 0.25) is 0 Å². The van der Waals surface area contributed by atoms with Crippen molar-refractivity contribution in [1.29, 1.82) is 0 Å². The maximum Gasteiger partial charge on any atom is 0.220 e. The van der Waals surface area contributed by atoms with Gasteiger partial charge in [0.05, 0.1) is 5.54 Å². The van der Waals surface area contributed by atoms with Crippen LogP contribution >= 0.6 is 0 Å². The molecule has 5 N–H and O–H groups in total. The number of anilines is 1. The molecule has 1 aromatic carbocycles. The van der Waals surface area contributed by atoms with Crippen molar-refractivity contribution in [3.05, 3.63) is 29.8 Å². The van der Waals surface area contributed by atoms with Gasteiger partial charge < -0.3 is 16.8 Å². The van der Waals surface area contributed by atoms with Gasteiger partial charge in [0.15, 0.2) is 0 Å². The normalized spacial score (nSPS) is 11.3. The summed E-state index contributed by atoms with van der Waals surface area (Å²) in [4.78, 5) is 12.0. The molecule has 1 rings (SSSR count). The number of rotatable bonds is 7. The first-order chi connectivity index (χ1) is 9.06. The molecule has 106 valence electrons. The van der Waals surface area contributed by atoms with E-state index in [1.54, 1.807) is 0 Å². The first-order valence-corrected chi connectivity index (χ1v) is 6.91. The molecule has 0 heterocycles. The van der Waals surface area contributed by atoms with E-state index in [-0.39, 0.29) is 11.4 Å². The average molecular weight is 263 g/mol. The molecule has 0 unspecified atom stereocenters. The van der Waals surface area contributed by atoms with Gasteiger partial charge >= 0.3 is 0 Å². The van der Waals surface area contributed by atoms with E-state index in [4.69, 9.17) is 11.5 Å². The van der Waals surface area contributed by atoms with E-state index in [1.807, 2.05) is 38.1 Å². The smallest absolute Gasteiger partial charge is 0.220 e. The molecule has 0 aliphatic rings. The summed E-state index contributed by atoms with van der Waals surface area (Å²) in [6, 6.07) is 7.65. The highest BCUT2D eigenvalue weighted by Gasteiger charge is 2.25. The molecule has 0 saturated heterocycles. The Morgan fingerprint density at radius 3 is 2.42 bits per heavy atom. The van der Waals surface area contributed by atoms with Crippen molar-refractivity contribution in [3.8, 4) is 0 Å². The van der Waals surface area contributed by atoms with Gasteiger partial charge in [-0.05, 0) is 30.9 Å². The Morgan fingerprint density at radius 2 is 1.89 bits per heavy atom. The van der Waals surface area contributed by atoms with Gasteiger partial charge in [0.2, 0.25) is 5.91 Å². The van der Waals surface area contributed by atoms with Gasteiger partial charge in [0.1, 0.15) is 0 Å². The van der Waals surface area contributed by atoms with Gasteiger partial charge in [-0.1, -0.05) is 32.0 Å². The summed E-state index contributed by atoms with van der Waals surface area (Å²) in [7, 11) is 0. The molecule has 0 atom stereocenters. The van der Waals surface area contributed by atoms with E-state index in [2.05, 4.69) is 5.32 Å². The highest BCUT2D eigenvalue weighted by atomic mass is 16.1. The number of benzene rings is 1. The lowest BCUT2D eigenvalue weighted by Crippen LogP contribution is -2.52. The highest BCUT2D eigenvalue weighted by Crippen LogP contribution is 2.15. The van der Waals surface area contributed by atoms with Crippen LogP contribution in [0, 0.1) is 0 Å².